The number of esters is 1. The second-order valence-corrected chi connectivity index (χ2v) is 4.43. The van der Waals surface area contributed by atoms with Crippen LogP contribution in [-0.2, 0) is 14.3 Å². The lowest BCUT2D eigenvalue weighted by molar-refractivity contribution is -0.136. The predicted octanol–water partition coefficient (Wildman–Crippen LogP) is 3.17. The van der Waals surface area contributed by atoms with Crippen LogP contribution in [0.4, 0.5) is 0 Å². The lowest BCUT2D eigenvalue weighted by Gasteiger charge is -1.99. The van der Waals surface area contributed by atoms with Gasteiger partial charge in [-0.3, -0.25) is 4.98 Å². The maximum atomic E-state index is 10.8. The van der Waals surface area contributed by atoms with Gasteiger partial charge in [-0.15, -0.1) is 0 Å². The third-order valence-corrected chi connectivity index (χ3v) is 2.64. The normalized spacial score (nSPS) is 10.0. The van der Waals surface area contributed by atoms with Crippen molar-refractivity contribution in [1.82, 2.24) is 4.98 Å². The van der Waals surface area contributed by atoms with E-state index in [-0.39, 0.29) is 17.6 Å². The van der Waals surface area contributed by atoms with E-state index in [0.29, 0.717) is 0 Å². The highest BCUT2D eigenvalue weighted by molar-refractivity contribution is 5.89. The van der Waals surface area contributed by atoms with Gasteiger partial charge in [0.05, 0.1) is 7.11 Å². The van der Waals surface area contributed by atoms with Crippen LogP contribution in [0.5, 0.6) is 0 Å². The second kappa shape index (κ2) is 10.1. The largest absolute Gasteiger partial charge is 0.478 e. The first-order valence-electron chi connectivity index (χ1n) is 6.53. The van der Waals surface area contributed by atoms with Crippen molar-refractivity contribution in [3.8, 4) is 0 Å². The number of aromatic nitrogens is 1. The minimum Gasteiger partial charge on any atom is -0.478 e. The first kappa shape index (κ1) is 19.3. The topological polar surface area (TPSA) is 76.5 Å². The summed E-state index contributed by atoms with van der Waals surface area (Å²) in [6, 6.07) is 3.96. The third-order valence-electron chi connectivity index (χ3n) is 2.64. The molecule has 0 aliphatic rings. The van der Waals surface area contributed by atoms with Crippen LogP contribution in [0.15, 0.2) is 48.7 Å². The second-order valence-electron chi connectivity index (χ2n) is 4.43. The smallest absolute Gasteiger partial charge is 0.333 e. The van der Waals surface area contributed by atoms with Gasteiger partial charge in [-0.25, -0.2) is 9.59 Å². The van der Waals surface area contributed by atoms with Crippen molar-refractivity contribution in [2.45, 2.75) is 20.3 Å². The molecule has 0 aromatic carbocycles. The maximum absolute atomic E-state index is 10.8. The molecular weight excluding hydrogens is 282 g/mol. The minimum absolute atomic E-state index is 0.185. The first-order valence-corrected chi connectivity index (χ1v) is 6.53. The van der Waals surface area contributed by atoms with Gasteiger partial charge in [-0.2, -0.15) is 0 Å². The molecule has 0 unspecified atom stereocenters. The Morgan fingerprint density at radius 1 is 1.41 bits per heavy atom. The molecule has 0 aliphatic carbocycles. The fourth-order valence-corrected chi connectivity index (χ4v) is 1.19. The molecule has 1 heterocycles. The van der Waals surface area contributed by atoms with Crippen LogP contribution in [-0.4, -0.2) is 29.1 Å². The summed E-state index contributed by atoms with van der Waals surface area (Å²) >= 11 is 0. The van der Waals surface area contributed by atoms with Gasteiger partial charge in [0.15, 0.2) is 0 Å². The van der Waals surface area contributed by atoms with E-state index in [0.717, 1.165) is 11.3 Å². The van der Waals surface area contributed by atoms with Crippen molar-refractivity contribution in [2.75, 3.05) is 7.11 Å². The van der Waals surface area contributed by atoms with Gasteiger partial charge in [0.1, 0.15) is 0 Å². The Morgan fingerprint density at radius 3 is 2.45 bits per heavy atom. The molecule has 118 valence electrons. The number of hydrogen-bond donors (Lipinski definition) is 1. The Hall–Kier alpha value is -2.69. The summed E-state index contributed by atoms with van der Waals surface area (Å²) in [6.07, 6.45) is 5.21. The van der Waals surface area contributed by atoms with Crippen molar-refractivity contribution >= 4 is 18.0 Å². The van der Waals surface area contributed by atoms with E-state index in [4.69, 9.17) is 5.11 Å². The highest BCUT2D eigenvalue weighted by Crippen LogP contribution is 2.04. The van der Waals surface area contributed by atoms with Gasteiger partial charge in [0.25, 0.3) is 0 Å². The number of nitrogens with zero attached hydrogens (tertiary/aromatic N) is 1. The van der Waals surface area contributed by atoms with E-state index < -0.39 is 11.9 Å². The number of methoxy groups -OCH3 is 1. The predicted molar refractivity (Wildman–Crippen MR) is 86.2 cm³/mol. The van der Waals surface area contributed by atoms with Crippen molar-refractivity contribution in [3.05, 3.63) is 60.0 Å². The first-order chi connectivity index (χ1) is 10.3. The monoisotopic (exact) mass is 303 g/mol. The molecule has 22 heavy (non-hydrogen) atoms. The van der Waals surface area contributed by atoms with Gasteiger partial charge in [0, 0.05) is 23.0 Å². The highest BCUT2D eigenvalue weighted by Gasteiger charge is 2.05. The number of hydrogen-bond acceptors (Lipinski definition) is 4. The zero-order chi connectivity index (χ0) is 17.1. The Balaban J connectivity index is 0.000000425. The molecule has 0 amide bonds. The van der Waals surface area contributed by atoms with Gasteiger partial charge >= 0.3 is 11.9 Å². The summed E-state index contributed by atoms with van der Waals surface area (Å²) in [5.41, 5.74) is 2.54. The van der Waals surface area contributed by atoms with Crippen LogP contribution in [0.1, 0.15) is 24.6 Å². The molecule has 1 aromatic rings. The number of ether oxygens (including phenoxy) is 1. The molecule has 5 heteroatoms. The zero-order valence-corrected chi connectivity index (χ0v) is 13.1. The molecule has 1 rings (SSSR count). The number of carboxylic acids is 1. The van der Waals surface area contributed by atoms with Crippen LogP contribution in [0.3, 0.4) is 0 Å². The molecule has 0 atom stereocenters. The lowest BCUT2D eigenvalue weighted by atomic mass is 10.1. The molecule has 1 N–H and O–H groups in total. The van der Waals surface area contributed by atoms with Crippen molar-refractivity contribution in [1.29, 1.82) is 0 Å². The standard InChI is InChI=1S/C9H12O4.C8H9N/c1-6(8(10)11)4-5-7(2)9(12)13-3;1-3-8-5-4-7(2)9-6-8/h4H,2,5H2,1,3H3,(H,10,11);3-6H,1H2,2H3. The van der Waals surface area contributed by atoms with Crippen molar-refractivity contribution < 1.29 is 19.4 Å². The van der Waals surface area contributed by atoms with Gasteiger partial charge in [-0.05, 0) is 31.9 Å². The van der Waals surface area contributed by atoms with Crippen molar-refractivity contribution in [2.24, 2.45) is 0 Å². The Labute approximate surface area is 130 Å². The number of aliphatic carboxylic acids is 1. The number of pyridine rings is 1. The molecule has 0 spiro atoms. The SMILES string of the molecule is C=C(CC=C(C)C(=O)O)C(=O)OC.C=Cc1ccc(C)nc1. The van der Waals surface area contributed by atoms with Gasteiger partial charge < -0.3 is 9.84 Å². The lowest BCUT2D eigenvalue weighted by Crippen LogP contribution is -2.03. The fourth-order valence-electron chi connectivity index (χ4n) is 1.19. The highest BCUT2D eigenvalue weighted by atomic mass is 16.5. The summed E-state index contributed by atoms with van der Waals surface area (Å²) in [7, 11) is 1.25. The van der Waals surface area contributed by atoms with Gasteiger partial charge in [0.2, 0.25) is 0 Å². The Kier molecular flexibility index (Phi) is 8.86. The summed E-state index contributed by atoms with van der Waals surface area (Å²) in [5.74, 6) is -1.52. The van der Waals surface area contributed by atoms with Crippen LogP contribution in [0.25, 0.3) is 6.08 Å². The summed E-state index contributed by atoms with van der Waals surface area (Å²) in [6.45, 7) is 10.5. The molecule has 0 saturated heterocycles. The average molecular weight is 303 g/mol. The third kappa shape index (κ3) is 7.79. The van der Waals surface area contributed by atoms with E-state index in [1.807, 2.05) is 25.3 Å². The number of rotatable bonds is 5. The van der Waals surface area contributed by atoms with Crippen LogP contribution in [0.2, 0.25) is 0 Å². The number of carbonyl (C=O) groups excluding carboxylic acids is 1. The summed E-state index contributed by atoms with van der Waals surface area (Å²) in [4.78, 5) is 25.2. The van der Waals surface area contributed by atoms with E-state index in [1.54, 1.807) is 6.08 Å². The molecule has 1 aromatic heterocycles. The molecule has 5 nitrogen and oxygen atoms in total. The fraction of sp³-hybridized carbons (Fsp3) is 0.235. The molecular formula is C17H21NO4. The summed E-state index contributed by atoms with van der Waals surface area (Å²) < 4.78 is 4.39. The number of allylic oxidation sites excluding steroid dienone is 1. The minimum atomic E-state index is -1.00. The van der Waals surface area contributed by atoms with Crippen molar-refractivity contribution in [3.63, 3.8) is 0 Å². The number of carboxylic acid groups (broad SMARTS) is 1. The molecule has 0 radical (unpaired) electrons. The van der Waals surface area contributed by atoms with Crippen LogP contribution in [0, 0.1) is 6.92 Å². The van der Waals surface area contributed by atoms with Crippen LogP contribution < -0.4 is 0 Å². The van der Waals surface area contributed by atoms with Gasteiger partial charge in [-0.1, -0.05) is 31.4 Å². The van der Waals surface area contributed by atoms with Crippen LogP contribution >= 0.6 is 0 Å². The maximum Gasteiger partial charge on any atom is 0.333 e. The Bertz CT molecular complexity index is 571. The number of aryl methyl sites for hydroxylation is 1. The average Bonchev–Trinajstić information content (AvgIpc) is 2.52. The molecule has 0 saturated carbocycles. The van der Waals surface area contributed by atoms with E-state index in [9.17, 15) is 9.59 Å². The Morgan fingerprint density at radius 2 is 2.05 bits per heavy atom. The van der Waals surface area contributed by atoms with E-state index in [2.05, 4.69) is 22.9 Å². The van der Waals surface area contributed by atoms with E-state index >= 15 is 0 Å². The zero-order valence-electron chi connectivity index (χ0n) is 13.1. The number of carbonyl (C=O) groups is 2. The van der Waals surface area contributed by atoms with E-state index in [1.165, 1.54) is 20.1 Å². The molecule has 0 fully saturated rings. The summed E-state index contributed by atoms with van der Waals surface area (Å²) in [5, 5.41) is 8.48. The quantitative estimate of drug-likeness (QED) is 0.668. The molecule has 0 aliphatic heterocycles. The molecule has 0 bridgehead atoms.